The van der Waals surface area contributed by atoms with Crippen molar-refractivity contribution >= 4 is 35.8 Å². The lowest BCUT2D eigenvalue weighted by atomic mass is 9.88. The van der Waals surface area contributed by atoms with E-state index in [0.29, 0.717) is 0 Å². The van der Waals surface area contributed by atoms with Crippen LogP contribution in [0, 0.1) is 0 Å². The van der Waals surface area contributed by atoms with Crippen molar-refractivity contribution < 1.29 is 70.7 Å². The Hall–Kier alpha value is -3.43. The van der Waals surface area contributed by atoms with Gasteiger partial charge in [-0.2, -0.15) is 13.2 Å². The molecule has 0 aliphatic carbocycles. The molecular weight excluding hydrogens is 527 g/mol. The van der Waals surface area contributed by atoms with Crippen LogP contribution in [0.5, 0.6) is 0 Å². The Bertz CT molecular complexity index is 908. The summed E-state index contributed by atoms with van der Waals surface area (Å²) in [5, 5.41) is 12.2. The van der Waals surface area contributed by atoms with Crippen LogP contribution in [0.2, 0.25) is 0 Å². The van der Waals surface area contributed by atoms with Crippen molar-refractivity contribution in [1.82, 2.24) is 5.32 Å². The molecule has 1 saturated heterocycles. The van der Waals surface area contributed by atoms with Gasteiger partial charge in [-0.15, -0.1) is 0 Å². The van der Waals surface area contributed by atoms with Gasteiger partial charge in [0.2, 0.25) is 5.91 Å². The summed E-state index contributed by atoms with van der Waals surface area (Å²) in [7, 11) is 0. The summed E-state index contributed by atoms with van der Waals surface area (Å²) in [6, 6.07) is -1.48. The van der Waals surface area contributed by atoms with Gasteiger partial charge in [-0.3, -0.25) is 24.0 Å². The van der Waals surface area contributed by atoms with Gasteiger partial charge in [0.05, 0.1) is 19.1 Å². The Kier molecular flexibility index (Phi) is 11.9. The van der Waals surface area contributed by atoms with E-state index in [-0.39, 0.29) is 13.0 Å². The number of esters is 4. The zero-order chi connectivity index (χ0) is 29.3. The van der Waals surface area contributed by atoms with Crippen LogP contribution in [0.3, 0.4) is 0 Å². The first kappa shape index (κ1) is 32.6. The van der Waals surface area contributed by atoms with Gasteiger partial charge in [0, 0.05) is 47.0 Å². The maximum Gasteiger partial charge on any atom is 0.389 e. The van der Waals surface area contributed by atoms with Crippen molar-refractivity contribution in [2.45, 2.75) is 96.1 Å². The summed E-state index contributed by atoms with van der Waals surface area (Å²) in [6.07, 6.45) is -12.9. The number of carboxylic acids is 1. The molecule has 0 bridgehead atoms. The first-order valence-corrected chi connectivity index (χ1v) is 11.4. The molecule has 216 valence electrons. The van der Waals surface area contributed by atoms with Gasteiger partial charge < -0.3 is 34.1 Å². The van der Waals surface area contributed by atoms with Crippen molar-refractivity contribution in [3.8, 4) is 0 Å². The van der Waals surface area contributed by atoms with Crippen LogP contribution in [0.25, 0.3) is 0 Å². The van der Waals surface area contributed by atoms with Crippen LogP contribution in [0.15, 0.2) is 0 Å². The quantitative estimate of drug-likeness (QED) is 0.258. The molecule has 1 amide bonds. The molecule has 1 fully saturated rings. The predicted molar refractivity (Wildman–Crippen MR) is 116 cm³/mol. The van der Waals surface area contributed by atoms with E-state index in [1.54, 1.807) is 0 Å². The monoisotopic (exact) mass is 557 g/mol. The molecule has 0 aromatic rings. The van der Waals surface area contributed by atoms with Gasteiger partial charge in [-0.1, -0.05) is 0 Å². The van der Waals surface area contributed by atoms with Crippen molar-refractivity contribution in [3.05, 3.63) is 0 Å². The molecule has 1 rings (SSSR count). The van der Waals surface area contributed by atoms with Crippen LogP contribution in [0.4, 0.5) is 13.2 Å². The normalized spacial score (nSPS) is 23.9. The topological polar surface area (TPSA) is 181 Å². The number of amides is 1. The second-order valence-corrected chi connectivity index (χ2v) is 8.42. The number of carbonyl (C=O) groups excluding carboxylic acids is 5. The summed E-state index contributed by atoms with van der Waals surface area (Å²) >= 11 is 0. The first-order valence-electron chi connectivity index (χ1n) is 11.4. The largest absolute Gasteiger partial charge is 0.476 e. The number of carboxylic acid groups (broad SMARTS) is 1. The molecule has 38 heavy (non-hydrogen) atoms. The molecule has 16 heteroatoms. The summed E-state index contributed by atoms with van der Waals surface area (Å²) < 4.78 is 63.3. The van der Waals surface area contributed by atoms with E-state index < -0.39 is 97.8 Å². The molecule has 0 spiro atoms. The van der Waals surface area contributed by atoms with Crippen LogP contribution in [0.1, 0.15) is 59.8 Å². The van der Waals surface area contributed by atoms with Crippen molar-refractivity contribution in [2.24, 2.45) is 0 Å². The zero-order valence-electron chi connectivity index (χ0n) is 21.1. The highest BCUT2D eigenvalue weighted by Gasteiger charge is 2.58. The molecule has 0 saturated carbocycles. The Morgan fingerprint density at radius 2 is 1.66 bits per heavy atom. The fraction of sp³-hybridized carbons (Fsp3) is 0.727. The Balaban J connectivity index is 3.48. The SMILES string of the molecule is CC(=O)OCCC(OC(C)=O)C1OC(OC(C)=O)(C(=O)O)CC(OC(C)=O)C1NC(=O)CCCC(F)(F)F. The molecule has 5 atom stereocenters. The lowest BCUT2D eigenvalue weighted by Gasteiger charge is -2.47. The van der Waals surface area contributed by atoms with Crippen LogP contribution < -0.4 is 5.32 Å². The number of alkyl halides is 3. The van der Waals surface area contributed by atoms with E-state index in [9.17, 15) is 47.0 Å². The molecule has 2 N–H and O–H groups in total. The fourth-order valence-electron chi connectivity index (χ4n) is 3.76. The Labute approximate surface area is 215 Å². The van der Waals surface area contributed by atoms with Gasteiger partial charge >= 0.3 is 41.8 Å². The summed E-state index contributed by atoms with van der Waals surface area (Å²) in [5.74, 6) is -9.20. The Morgan fingerprint density at radius 1 is 1.03 bits per heavy atom. The first-order chi connectivity index (χ1) is 17.5. The third kappa shape index (κ3) is 10.9. The van der Waals surface area contributed by atoms with Gasteiger partial charge in [-0.05, 0) is 6.42 Å². The minimum atomic E-state index is -4.51. The highest BCUT2D eigenvalue weighted by molar-refractivity contribution is 5.80. The summed E-state index contributed by atoms with van der Waals surface area (Å²) in [5.41, 5.74) is 0. The van der Waals surface area contributed by atoms with Crippen LogP contribution in [-0.2, 0) is 52.5 Å². The van der Waals surface area contributed by atoms with Crippen LogP contribution in [-0.4, -0.2) is 83.8 Å². The highest BCUT2D eigenvalue weighted by Crippen LogP contribution is 2.36. The second-order valence-electron chi connectivity index (χ2n) is 8.42. The summed E-state index contributed by atoms with van der Waals surface area (Å²) in [6.45, 7) is 3.56. The van der Waals surface area contributed by atoms with Crippen LogP contribution >= 0.6 is 0 Å². The van der Waals surface area contributed by atoms with E-state index >= 15 is 0 Å². The maximum atomic E-state index is 12.5. The van der Waals surface area contributed by atoms with Gasteiger partial charge in [0.1, 0.15) is 18.3 Å². The third-order valence-corrected chi connectivity index (χ3v) is 5.09. The van der Waals surface area contributed by atoms with Crippen molar-refractivity contribution in [2.75, 3.05) is 6.61 Å². The smallest absolute Gasteiger partial charge is 0.389 e. The van der Waals surface area contributed by atoms with Gasteiger partial charge in [0.25, 0.3) is 0 Å². The molecule has 0 radical (unpaired) electrons. The fourth-order valence-corrected chi connectivity index (χ4v) is 3.76. The van der Waals surface area contributed by atoms with Gasteiger partial charge in [0.15, 0.2) is 0 Å². The van der Waals surface area contributed by atoms with Gasteiger partial charge in [-0.25, -0.2) is 4.79 Å². The molecule has 1 aliphatic rings. The Morgan fingerprint density at radius 3 is 2.13 bits per heavy atom. The minimum absolute atomic E-state index is 0.313. The predicted octanol–water partition coefficient (Wildman–Crippen LogP) is 1.15. The van der Waals surface area contributed by atoms with E-state index in [4.69, 9.17) is 23.7 Å². The lowest BCUT2D eigenvalue weighted by molar-refractivity contribution is -0.298. The number of ether oxygens (including phenoxy) is 5. The lowest BCUT2D eigenvalue weighted by Crippen LogP contribution is -2.68. The molecule has 0 aromatic heterocycles. The number of carbonyl (C=O) groups is 6. The van der Waals surface area contributed by atoms with Crippen molar-refractivity contribution in [1.29, 1.82) is 0 Å². The number of hydrogen-bond acceptors (Lipinski definition) is 11. The number of nitrogens with one attached hydrogen (secondary N) is 1. The zero-order valence-corrected chi connectivity index (χ0v) is 21.1. The number of rotatable bonds is 12. The average molecular weight is 557 g/mol. The molecule has 5 unspecified atom stereocenters. The highest BCUT2D eigenvalue weighted by atomic mass is 19.4. The van der Waals surface area contributed by atoms with E-state index in [2.05, 4.69) is 5.32 Å². The van der Waals surface area contributed by atoms with E-state index in [0.717, 1.165) is 27.7 Å². The molecule has 1 aliphatic heterocycles. The molecule has 13 nitrogen and oxygen atoms in total. The number of halogens is 3. The van der Waals surface area contributed by atoms with E-state index in [1.807, 2.05) is 0 Å². The maximum absolute atomic E-state index is 12.5. The minimum Gasteiger partial charge on any atom is -0.476 e. The van der Waals surface area contributed by atoms with Crippen molar-refractivity contribution in [3.63, 3.8) is 0 Å². The average Bonchev–Trinajstić information content (AvgIpc) is 2.72. The van der Waals surface area contributed by atoms with E-state index in [1.165, 1.54) is 0 Å². The molecular formula is C22H30F3NO12. The summed E-state index contributed by atoms with van der Waals surface area (Å²) in [4.78, 5) is 71.3. The third-order valence-electron chi connectivity index (χ3n) is 5.09. The number of aliphatic carboxylic acids is 1. The molecule has 1 heterocycles. The number of hydrogen-bond donors (Lipinski definition) is 2. The standard InChI is InChI=1S/C22H30F3NO12/c1-11(27)34-9-7-15(35-12(2)28)19-18(26-17(31)6-5-8-22(23,24)25)16(36-13(3)29)10-21(38-19,20(32)33)37-14(4)30/h15-16,18-19H,5-10H2,1-4H3,(H,26,31)(H,32,33). The second kappa shape index (κ2) is 13.9. The molecule has 0 aromatic carbocycles.